The van der Waals surface area contributed by atoms with Crippen LogP contribution in [0.4, 0.5) is 0 Å². The molecular weight excluding hydrogens is 340 g/mol. The normalized spacial score (nSPS) is 16.6. The number of fused-ring (bicyclic) bond motifs is 1. The van der Waals surface area contributed by atoms with Gasteiger partial charge in [0, 0.05) is 38.7 Å². The van der Waals surface area contributed by atoms with Gasteiger partial charge in [-0.05, 0) is 30.9 Å². The Morgan fingerprint density at radius 2 is 2.00 bits per heavy atom. The van der Waals surface area contributed by atoms with Crippen molar-refractivity contribution in [3.63, 3.8) is 0 Å². The molecule has 140 valence electrons. The number of nitrogens with zero attached hydrogens (tertiary/aromatic N) is 5. The maximum atomic E-state index is 12.4. The average molecular weight is 364 g/mol. The van der Waals surface area contributed by atoms with Crippen LogP contribution in [0.2, 0.25) is 0 Å². The number of carbonyl (C=O) groups is 1. The molecule has 4 rings (SSSR count). The van der Waals surface area contributed by atoms with Crippen LogP contribution in [0.1, 0.15) is 40.5 Å². The zero-order valence-corrected chi connectivity index (χ0v) is 15.5. The Morgan fingerprint density at radius 3 is 2.78 bits per heavy atom. The standard InChI is InChI=1S/C20H24N6O/c1-25-17(11-13-21-25)20(27)22-16-8-10-19-24-23-18(26(19)14-12-16)9-7-15-5-3-2-4-6-15/h2-6,11,13,16H,7-10,12,14H2,1H3,(H,22,27). The van der Waals surface area contributed by atoms with Gasteiger partial charge in [-0.15, -0.1) is 10.2 Å². The van der Waals surface area contributed by atoms with E-state index in [4.69, 9.17) is 0 Å². The summed E-state index contributed by atoms with van der Waals surface area (Å²) in [5, 5.41) is 16.0. The molecule has 7 nitrogen and oxygen atoms in total. The molecule has 2 aromatic heterocycles. The van der Waals surface area contributed by atoms with Crippen molar-refractivity contribution in [2.45, 2.75) is 44.7 Å². The second-order valence-electron chi connectivity index (χ2n) is 7.01. The molecule has 0 aliphatic carbocycles. The largest absolute Gasteiger partial charge is 0.348 e. The van der Waals surface area contributed by atoms with Crippen LogP contribution in [-0.4, -0.2) is 36.5 Å². The molecule has 0 bridgehead atoms. The van der Waals surface area contributed by atoms with Gasteiger partial charge >= 0.3 is 0 Å². The molecule has 0 fully saturated rings. The number of benzene rings is 1. The zero-order valence-electron chi connectivity index (χ0n) is 15.5. The van der Waals surface area contributed by atoms with Gasteiger partial charge in [0.2, 0.25) is 0 Å². The minimum Gasteiger partial charge on any atom is -0.348 e. The monoisotopic (exact) mass is 364 g/mol. The quantitative estimate of drug-likeness (QED) is 0.750. The summed E-state index contributed by atoms with van der Waals surface area (Å²) in [6, 6.07) is 12.3. The molecule has 1 N–H and O–H groups in total. The number of aryl methyl sites for hydroxylation is 4. The molecule has 1 aliphatic rings. The zero-order chi connectivity index (χ0) is 18.6. The molecule has 1 unspecified atom stereocenters. The lowest BCUT2D eigenvalue weighted by atomic mass is 10.1. The third-order valence-electron chi connectivity index (χ3n) is 5.19. The summed E-state index contributed by atoms with van der Waals surface area (Å²) in [5.74, 6) is 1.99. The summed E-state index contributed by atoms with van der Waals surface area (Å²) < 4.78 is 3.84. The molecule has 3 heterocycles. The van der Waals surface area contributed by atoms with Gasteiger partial charge in [0.1, 0.15) is 17.3 Å². The van der Waals surface area contributed by atoms with Gasteiger partial charge in [0.05, 0.1) is 0 Å². The van der Waals surface area contributed by atoms with Crippen LogP contribution < -0.4 is 5.32 Å². The van der Waals surface area contributed by atoms with Crippen molar-refractivity contribution in [1.29, 1.82) is 0 Å². The van der Waals surface area contributed by atoms with E-state index < -0.39 is 0 Å². The average Bonchev–Trinajstić information content (AvgIpc) is 3.23. The van der Waals surface area contributed by atoms with E-state index >= 15 is 0 Å². The molecule has 0 spiro atoms. The smallest absolute Gasteiger partial charge is 0.269 e. The lowest BCUT2D eigenvalue weighted by Gasteiger charge is -2.16. The van der Waals surface area contributed by atoms with Crippen molar-refractivity contribution in [1.82, 2.24) is 29.9 Å². The van der Waals surface area contributed by atoms with E-state index in [0.717, 1.165) is 50.3 Å². The highest BCUT2D eigenvalue weighted by Crippen LogP contribution is 2.17. The fraction of sp³-hybridized carbons (Fsp3) is 0.400. The molecule has 7 heteroatoms. The summed E-state index contributed by atoms with van der Waals surface area (Å²) in [6.07, 6.45) is 6.06. The summed E-state index contributed by atoms with van der Waals surface area (Å²) in [7, 11) is 1.78. The maximum Gasteiger partial charge on any atom is 0.269 e. The Morgan fingerprint density at radius 1 is 1.15 bits per heavy atom. The SMILES string of the molecule is Cn1nccc1C(=O)NC1CCc2nnc(CCc3ccccc3)n2CC1. The maximum absolute atomic E-state index is 12.4. The highest BCUT2D eigenvalue weighted by atomic mass is 16.2. The van der Waals surface area contributed by atoms with Gasteiger partial charge < -0.3 is 9.88 Å². The first-order valence-electron chi connectivity index (χ1n) is 9.44. The number of nitrogens with one attached hydrogen (secondary N) is 1. The number of hydrogen-bond donors (Lipinski definition) is 1. The molecule has 1 atom stereocenters. The van der Waals surface area contributed by atoms with Crippen molar-refractivity contribution in [3.8, 4) is 0 Å². The lowest BCUT2D eigenvalue weighted by Crippen LogP contribution is -2.36. The van der Waals surface area contributed by atoms with Crippen LogP contribution in [-0.2, 0) is 32.9 Å². The molecule has 0 radical (unpaired) electrons. The third-order valence-corrected chi connectivity index (χ3v) is 5.19. The van der Waals surface area contributed by atoms with Crippen molar-refractivity contribution >= 4 is 5.91 Å². The summed E-state index contributed by atoms with van der Waals surface area (Å²) in [5.41, 5.74) is 1.90. The van der Waals surface area contributed by atoms with Crippen molar-refractivity contribution in [2.75, 3.05) is 0 Å². The van der Waals surface area contributed by atoms with Crippen LogP contribution in [0, 0.1) is 0 Å². The summed E-state index contributed by atoms with van der Waals surface area (Å²) >= 11 is 0. The van der Waals surface area contributed by atoms with Gasteiger partial charge in [0.15, 0.2) is 0 Å². The third kappa shape index (κ3) is 3.92. The molecule has 1 amide bonds. The minimum absolute atomic E-state index is 0.0676. The Balaban J connectivity index is 1.38. The summed E-state index contributed by atoms with van der Waals surface area (Å²) in [6.45, 7) is 0.836. The van der Waals surface area contributed by atoms with Gasteiger partial charge in [0.25, 0.3) is 5.91 Å². The molecule has 27 heavy (non-hydrogen) atoms. The first kappa shape index (κ1) is 17.5. The van der Waals surface area contributed by atoms with Crippen molar-refractivity contribution in [3.05, 3.63) is 65.5 Å². The molecule has 1 aromatic carbocycles. The number of carbonyl (C=O) groups excluding carboxylic acids is 1. The molecule has 1 aliphatic heterocycles. The fourth-order valence-corrected chi connectivity index (χ4v) is 3.63. The topological polar surface area (TPSA) is 77.6 Å². The summed E-state index contributed by atoms with van der Waals surface area (Å²) in [4.78, 5) is 12.4. The molecule has 0 saturated carbocycles. The lowest BCUT2D eigenvalue weighted by molar-refractivity contribution is 0.0923. The van der Waals surface area contributed by atoms with E-state index in [2.05, 4.69) is 49.4 Å². The Labute approximate surface area is 158 Å². The predicted molar refractivity (Wildman–Crippen MR) is 101 cm³/mol. The fourth-order valence-electron chi connectivity index (χ4n) is 3.63. The first-order valence-corrected chi connectivity index (χ1v) is 9.44. The molecular formula is C20H24N6O. The van der Waals surface area contributed by atoms with E-state index in [1.165, 1.54) is 5.56 Å². The van der Waals surface area contributed by atoms with Gasteiger partial charge in [-0.3, -0.25) is 9.48 Å². The first-order chi connectivity index (χ1) is 13.2. The van der Waals surface area contributed by atoms with Crippen LogP contribution in [0.3, 0.4) is 0 Å². The van der Waals surface area contributed by atoms with Crippen LogP contribution in [0.5, 0.6) is 0 Å². The molecule has 0 saturated heterocycles. The second kappa shape index (κ2) is 7.73. The van der Waals surface area contributed by atoms with E-state index in [1.54, 1.807) is 24.0 Å². The highest BCUT2D eigenvalue weighted by Gasteiger charge is 2.22. The van der Waals surface area contributed by atoms with Gasteiger partial charge in [-0.25, -0.2) is 0 Å². The number of rotatable bonds is 5. The van der Waals surface area contributed by atoms with Crippen LogP contribution >= 0.6 is 0 Å². The molecule has 3 aromatic rings. The van der Waals surface area contributed by atoms with Gasteiger partial charge in [-0.2, -0.15) is 5.10 Å². The van der Waals surface area contributed by atoms with E-state index in [1.807, 2.05) is 6.07 Å². The Hall–Kier alpha value is -2.96. The Kier molecular flexibility index (Phi) is 5.00. The van der Waals surface area contributed by atoms with E-state index in [-0.39, 0.29) is 11.9 Å². The van der Waals surface area contributed by atoms with Crippen LogP contribution in [0.15, 0.2) is 42.6 Å². The van der Waals surface area contributed by atoms with Crippen molar-refractivity contribution in [2.24, 2.45) is 7.05 Å². The van der Waals surface area contributed by atoms with Crippen molar-refractivity contribution < 1.29 is 4.79 Å². The second-order valence-corrected chi connectivity index (χ2v) is 7.01. The van der Waals surface area contributed by atoms with E-state index in [0.29, 0.717) is 5.69 Å². The number of amides is 1. The predicted octanol–water partition coefficient (Wildman–Crippen LogP) is 1.93. The highest BCUT2D eigenvalue weighted by molar-refractivity contribution is 5.92. The Bertz CT molecular complexity index is 914. The number of hydrogen-bond acceptors (Lipinski definition) is 4. The van der Waals surface area contributed by atoms with E-state index in [9.17, 15) is 4.79 Å². The number of aromatic nitrogens is 5. The van der Waals surface area contributed by atoms with Crippen LogP contribution in [0.25, 0.3) is 0 Å². The van der Waals surface area contributed by atoms with Gasteiger partial charge in [-0.1, -0.05) is 30.3 Å². The minimum atomic E-state index is -0.0676.